The summed E-state index contributed by atoms with van der Waals surface area (Å²) in [5.41, 5.74) is 3.27. The number of hydrogen-bond acceptors (Lipinski definition) is 3. The molecule has 1 saturated heterocycles. The molecule has 2 aromatic carbocycles. The molecular formula is C20H17ClN2O2. The van der Waals surface area contributed by atoms with Gasteiger partial charge in [-0.15, -0.1) is 0 Å². The van der Waals surface area contributed by atoms with Crippen LogP contribution in [0.1, 0.15) is 23.2 Å². The van der Waals surface area contributed by atoms with Gasteiger partial charge in [0.1, 0.15) is 0 Å². The van der Waals surface area contributed by atoms with Crippen LogP contribution in [0, 0.1) is 0 Å². The molecule has 4 nitrogen and oxygen atoms in total. The van der Waals surface area contributed by atoms with Crippen LogP contribution in [0.25, 0.3) is 22.2 Å². The molecule has 1 aliphatic heterocycles. The Balaban J connectivity index is 2.10. The van der Waals surface area contributed by atoms with Crippen molar-refractivity contribution in [2.75, 3.05) is 18.0 Å². The molecule has 25 heavy (non-hydrogen) atoms. The summed E-state index contributed by atoms with van der Waals surface area (Å²) in [5, 5.41) is 11.1. The van der Waals surface area contributed by atoms with Crippen LogP contribution in [0.3, 0.4) is 0 Å². The third-order valence-corrected chi connectivity index (χ3v) is 4.84. The van der Waals surface area contributed by atoms with Gasteiger partial charge in [-0.25, -0.2) is 9.78 Å². The van der Waals surface area contributed by atoms with Crippen LogP contribution in [0.15, 0.2) is 48.5 Å². The van der Waals surface area contributed by atoms with Crippen molar-refractivity contribution in [2.24, 2.45) is 0 Å². The predicted molar refractivity (Wildman–Crippen MR) is 101 cm³/mol. The maximum atomic E-state index is 12.2. The molecule has 2 heterocycles. The van der Waals surface area contributed by atoms with Crippen molar-refractivity contribution in [3.05, 3.63) is 59.1 Å². The van der Waals surface area contributed by atoms with Gasteiger partial charge in [0.25, 0.3) is 0 Å². The molecule has 0 radical (unpaired) electrons. The fourth-order valence-electron chi connectivity index (χ4n) is 3.49. The number of hydrogen-bond donors (Lipinski definition) is 1. The van der Waals surface area contributed by atoms with Gasteiger partial charge >= 0.3 is 5.97 Å². The van der Waals surface area contributed by atoms with Crippen LogP contribution in [0.5, 0.6) is 0 Å². The third kappa shape index (κ3) is 2.83. The Morgan fingerprint density at radius 2 is 1.80 bits per heavy atom. The van der Waals surface area contributed by atoms with Crippen molar-refractivity contribution in [3.63, 3.8) is 0 Å². The average Bonchev–Trinajstić information content (AvgIpc) is 3.15. The van der Waals surface area contributed by atoms with Crippen molar-refractivity contribution in [3.8, 4) is 11.3 Å². The maximum absolute atomic E-state index is 12.2. The number of rotatable bonds is 3. The highest BCUT2D eigenvalue weighted by Crippen LogP contribution is 2.39. The lowest BCUT2D eigenvalue weighted by Gasteiger charge is -2.24. The van der Waals surface area contributed by atoms with Crippen LogP contribution in [-0.4, -0.2) is 29.1 Å². The number of benzene rings is 2. The van der Waals surface area contributed by atoms with Crippen molar-refractivity contribution in [1.82, 2.24) is 4.98 Å². The second-order valence-electron chi connectivity index (χ2n) is 6.21. The van der Waals surface area contributed by atoms with E-state index in [0.29, 0.717) is 21.6 Å². The zero-order valence-electron chi connectivity index (χ0n) is 13.6. The van der Waals surface area contributed by atoms with E-state index in [-0.39, 0.29) is 5.56 Å². The van der Waals surface area contributed by atoms with Crippen LogP contribution in [0.2, 0.25) is 5.02 Å². The van der Waals surface area contributed by atoms with Crippen LogP contribution in [0.4, 0.5) is 5.69 Å². The Morgan fingerprint density at radius 1 is 1.08 bits per heavy atom. The summed E-state index contributed by atoms with van der Waals surface area (Å²) >= 11 is 6.13. The number of carbonyl (C=O) groups is 1. The minimum Gasteiger partial charge on any atom is -0.478 e. The van der Waals surface area contributed by atoms with Gasteiger partial charge in [-0.2, -0.15) is 0 Å². The van der Waals surface area contributed by atoms with Gasteiger partial charge in [0.05, 0.1) is 22.5 Å². The quantitative estimate of drug-likeness (QED) is 0.731. The van der Waals surface area contributed by atoms with E-state index in [2.05, 4.69) is 4.90 Å². The normalized spacial score (nSPS) is 14.2. The zero-order chi connectivity index (χ0) is 17.4. The number of carboxylic acids is 1. The van der Waals surface area contributed by atoms with Gasteiger partial charge in [0.15, 0.2) is 0 Å². The highest BCUT2D eigenvalue weighted by atomic mass is 35.5. The summed E-state index contributed by atoms with van der Waals surface area (Å²) in [6.45, 7) is 1.68. The summed E-state index contributed by atoms with van der Waals surface area (Å²) in [6.07, 6.45) is 2.11. The third-order valence-electron chi connectivity index (χ3n) is 4.60. The zero-order valence-corrected chi connectivity index (χ0v) is 14.3. The Bertz CT molecular complexity index is 951. The van der Waals surface area contributed by atoms with E-state index in [1.165, 1.54) is 0 Å². The lowest BCUT2D eigenvalue weighted by atomic mass is 10.00. The number of aromatic carboxylic acids is 1. The standard InChI is InChI=1S/C20H17ClN2O2/c21-14-8-9-16-15(12-14)17(20(24)25)19(23-10-4-5-11-23)18(22-16)13-6-2-1-3-7-13/h1-3,6-9,12H,4-5,10-11H2,(H,24,25). The lowest BCUT2D eigenvalue weighted by molar-refractivity contribution is 0.0699. The minimum absolute atomic E-state index is 0.285. The molecule has 5 heteroatoms. The number of nitrogens with zero attached hydrogens (tertiary/aromatic N) is 2. The van der Waals surface area contributed by atoms with Crippen LogP contribution < -0.4 is 4.90 Å². The molecule has 0 saturated carbocycles. The molecule has 0 unspecified atom stereocenters. The fourth-order valence-corrected chi connectivity index (χ4v) is 3.66. The van der Waals surface area contributed by atoms with Crippen molar-refractivity contribution in [2.45, 2.75) is 12.8 Å². The van der Waals surface area contributed by atoms with Crippen molar-refractivity contribution in [1.29, 1.82) is 0 Å². The molecule has 0 spiro atoms. The topological polar surface area (TPSA) is 53.4 Å². The van der Waals surface area contributed by atoms with Crippen molar-refractivity contribution < 1.29 is 9.90 Å². The number of pyridine rings is 1. The molecule has 0 bridgehead atoms. The van der Waals surface area contributed by atoms with E-state index in [9.17, 15) is 9.90 Å². The van der Waals surface area contributed by atoms with Crippen molar-refractivity contribution >= 4 is 34.2 Å². The molecule has 1 N–H and O–H groups in total. The first-order valence-corrected chi connectivity index (χ1v) is 8.70. The number of carboxylic acid groups (broad SMARTS) is 1. The highest BCUT2D eigenvalue weighted by molar-refractivity contribution is 6.31. The van der Waals surface area contributed by atoms with E-state index in [0.717, 1.165) is 37.2 Å². The Hall–Kier alpha value is -2.59. The van der Waals surface area contributed by atoms with E-state index in [1.807, 2.05) is 30.3 Å². The van der Waals surface area contributed by atoms with Crippen LogP contribution in [-0.2, 0) is 0 Å². The van der Waals surface area contributed by atoms with Gasteiger partial charge in [-0.05, 0) is 31.0 Å². The number of anilines is 1. The largest absolute Gasteiger partial charge is 0.478 e. The van der Waals surface area contributed by atoms with Gasteiger partial charge in [-0.1, -0.05) is 41.9 Å². The average molecular weight is 353 g/mol. The lowest BCUT2D eigenvalue weighted by Crippen LogP contribution is -2.22. The van der Waals surface area contributed by atoms with Crippen LogP contribution >= 0.6 is 11.6 Å². The SMILES string of the molecule is O=C(O)c1c(N2CCCC2)c(-c2ccccc2)nc2ccc(Cl)cc12. The van der Waals surface area contributed by atoms with E-state index in [1.54, 1.807) is 18.2 Å². The summed E-state index contributed by atoms with van der Waals surface area (Å²) in [6, 6.07) is 15.0. The minimum atomic E-state index is -0.950. The first kappa shape index (κ1) is 15.9. The van der Waals surface area contributed by atoms with E-state index in [4.69, 9.17) is 16.6 Å². The monoisotopic (exact) mass is 352 g/mol. The van der Waals surface area contributed by atoms with Gasteiger partial charge < -0.3 is 10.0 Å². The Labute approximate surface area is 150 Å². The molecule has 4 rings (SSSR count). The summed E-state index contributed by atoms with van der Waals surface area (Å²) in [5.74, 6) is -0.950. The predicted octanol–water partition coefficient (Wildman–Crippen LogP) is 4.85. The first-order valence-electron chi connectivity index (χ1n) is 8.32. The molecule has 1 aromatic heterocycles. The van der Waals surface area contributed by atoms with E-state index < -0.39 is 5.97 Å². The second-order valence-corrected chi connectivity index (χ2v) is 6.65. The molecule has 126 valence electrons. The second kappa shape index (κ2) is 6.37. The first-order chi connectivity index (χ1) is 12.1. The molecular weight excluding hydrogens is 336 g/mol. The molecule has 0 amide bonds. The highest BCUT2D eigenvalue weighted by Gasteiger charge is 2.27. The molecule has 1 aliphatic rings. The number of aromatic nitrogens is 1. The maximum Gasteiger partial charge on any atom is 0.338 e. The molecule has 0 atom stereocenters. The smallest absolute Gasteiger partial charge is 0.338 e. The molecule has 0 aliphatic carbocycles. The fraction of sp³-hybridized carbons (Fsp3) is 0.200. The summed E-state index contributed by atoms with van der Waals surface area (Å²) < 4.78 is 0. The Morgan fingerprint density at radius 3 is 2.48 bits per heavy atom. The van der Waals surface area contributed by atoms with Gasteiger partial charge in [0.2, 0.25) is 0 Å². The van der Waals surface area contributed by atoms with E-state index >= 15 is 0 Å². The number of halogens is 1. The summed E-state index contributed by atoms with van der Waals surface area (Å²) in [4.78, 5) is 19.1. The molecule has 1 fully saturated rings. The summed E-state index contributed by atoms with van der Waals surface area (Å²) in [7, 11) is 0. The Kier molecular flexibility index (Phi) is 4.06. The van der Waals surface area contributed by atoms with Gasteiger partial charge in [0, 0.05) is 29.1 Å². The number of fused-ring (bicyclic) bond motifs is 1. The molecule has 3 aromatic rings. The van der Waals surface area contributed by atoms with Gasteiger partial charge in [-0.3, -0.25) is 0 Å².